The van der Waals surface area contributed by atoms with Gasteiger partial charge in [-0.15, -0.1) is 10.2 Å². The highest BCUT2D eigenvalue weighted by Crippen LogP contribution is 2.30. The molecule has 0 saturated heterocycles. The van der Waals surface area contributed by atoms with Crippen LogP contribution in [0.15, 0.2) is 58.5 Å². The summed E-state index contributed by atoms with van der Waals surface area (Å²) in [6.45, 7) is 1.88. The third-order valence-corrected chi connectivity index (χ3v) is 5.53. The number of aromatic amines is 1. The number of H-pyrrole nitrogens is 1. The van der Waals surface area contributed by atoms with Crippen molar-refractivity contribution in [3.63, 3.8) is 0 Å². The van der Waals surface area contributed by atoms with Crippen LogP contribution in [0.25, 0.3) is 11.3 Å². The third kappa shape index (κ3) is 4.98. The number of hydrogen-bond acceptors (Lipinski definition) is 7. The van der Waals surface area contributed by atoms with Crippen LogP contribution < -0.4 is 20.3 Å². The lowest BCUT2D eigenvalue weighted by Gasteiger charge is -2.15. The van der Waals surface area contributed by atoms with Crippen LogP contribution in [-0.4, -0.2) is 40.6 Å². The van der Waals surface area contributed by atoms with Gasteiger partial charge in [-0.3, -0.25) is 14.6 Å². The predicted octanol–water partition coefficient (Wildman–Crippen LogP) is 3.36. The Hall–Kier alpha value is -3.33. The number of nitrogens with one attached hydrogen (secondary N) is 2. The molecule has 3 rings (SSSR count). The first-order chi connectivity index (χ1) is 14.5. The van der Waals surface area contributed by atoms with E-state index in [0.717, 1.165) is 11.8 Å². The van der Waals surface area contributed by atoms with Crippen molar-refractivity contribution in [2.24, 2.45) is 0 Å². The Labute approximate surface area is 178 Å². The predicted molar refractivity (Wildman–Crippen MR) is 116 cm³/mol. The summed E-state index contributed by atoms with van der Waals surface area (Å²) in [5.74, 6) is 0.871. The minimum absolute atomic E-state index is 0.218. The monoisotopic (exact) mass is 426 g/mol. The first-order valence-corrected chi connectivity index (χ1v) is 10.2. The molecule has 1 aromatic heterocycles. The fourth-order valence-corrected chi connectivity index (χ4v) is 3.60. The maximum atomic E-state index is 12.7. The van der Waals surface area contributed by atoms with Crippen molar-refractivity contribution in [2.75, 3.05) is 19.5 Å². The van der Waals surface area contributed by atoms with Gasteiger partial charge in [0.25, 0.3) is 5.56 Å². The summed E-state index contributed by atoms with van der Waals surface area (Å²) < 4.78 is 10.5. The van der Waals surface area contributed by atoms with E-state index < -0.39 is 5.25 Å². The van der Waals surface area contributed by atoms with Gasteiger partial charge in [-0.25, -0.2) is 0 Å². The molecule has 0 bridgehead atoms. The zero-order valence-corrected chi connectivity index (χ0v) is 17.7. The van der Waals surface area contributed by atoms with Crippen LogP contribution in [-0.2, 0) is 4.79 Å². The lowest BCUT2D eigenvalue weighted by molar-refractivity contribution is -0.115. The van der Waals surface area contributed by atoms with Crippen LogP contribution in [0.4, 0.5) is 5.69 Å². The quantitative estimate of drug-likeness (QED) is 0.532. The molecule has 0 saturated carbocycles. The van der Waals surface area contributed by atoms with Gasteiger partial charge in [0.1, 0.15) is 0 Å². The summed E-state index contributed by atoms with van der Waals surface area (Å²) in [5, 5.41) is 10.8. The summed E-state index contributed by atoms with van der Waals surface area (Å²) in [6, 6.07) is 14.2. The zero-order chi connectivity index (χ0) is 21.5. The Morgan fingerprint density at radius 2 is 1.83 bits per heavy atom. The third-order valence-electron chi connectivity index (χ3n) is 4.29. The van der Waals surface area contributed by atoms with Crippen LogP contribution in [0.5, 0.6) is 11.5 Å². The second-order valence-electron chi connectivity index (χ2n) is 6.25. The number of thioether (sulfide) groups is 1. The summed E-state index contributed by atoms with van der Waals surface area (Å²) in [7, 11) is 3.08. The molecule has 0 fully saturated rings. The molecule has 2 N–H and O–H groups in total. The number of carbonyl (C=O) groups excluding carboxylic acids is 1. The lowest BCUT2D eigenvalue weighted by atomic mass is 10.2. The van der Waals surface area contributed by atoms with Crippen molar-refractivity contribution < 1.29 is 14.3 Å². The van der Waals surface area contributed by atoms with E-state index in [4.69, 9.17) is 9.47 Å². The van der Waals surface area contributed by atoms with Crippen molar-refractivity contribution in [3.8, 4) is 22.8 Å². The maximum Gasteiger partial charge on any atom is 0.278 e. The van der Waals surface area contributed by atoms with E-state index in [1.165, 1.54) is 7.11 Å². The number of rotatable bonds is 8. The largest absolute Gasteiger partial charge is 0.493 e. The van der Waals surface area contributed by atoms with Crippen molar-refractivity contribution in [1.82, 2.24) is 15.2 Å². The van der Waals surface area contributed by atoms with Gasteiger partial charge in [-0.1, -0.05) is 49.0 Å². The molecular weight excluding hydrogens is 404 g/mol. The number of aromatic nitrogens is 3. The first kappa shape index (κ1) is 21.4. The standard InChI is InChI=1S/C21H22N4O4S/c1-4-17(19(26)22-14-10-11-15(28-2)16(12-14)29-3)30-21-23-20(27)18(24-25-21)13-8-6-5-7-9-13/h5-12,17H,4H2,1-3H3,(H,22,26)(H,23,25,27). The van der Waals surface area contributed by atoms with Gasteiger partial charge in [-0.05, 0) is 18.6 Å². The van der Waals surface area contributed by atoms with Crippen LogP contribution in [0, 0.1) is 0 Å². The summed E-state index contributed by atoms with van der Waals surface area (Å²) in [5.41, 5.74) is 1.15. The molecule has 0 aliphatic rings. The number of methoxy groups -OCH3 is 2. The topological polar surface area (TPSA) is 106 Å². The van der Waals surface area contributed by atoms with E-state index in [-0.39, 0.29) is 22.3 Å². The van der Waals surface area contributed by atoms with Gasteiger partial charge in [0.05, 0.1) is 19.5 Å². The van der Waals surface area contributed by atoms with Crippen LogP contribution in [0.3, 0.4) is 0 Å². The molecule has 2 aromatic carbocycles. The van der Waals surface area contributed by atoms with Gasteiger partial charge in [0, 0.05) is 17.3 Å². The second-order valence-corrected chi connectivity index (χ2v) is 7.44. The van der Waals surface area contributed by atoms with Crippen molar-refractivity contribution in [3.05, 3.63) is 58.9 Å². The molecule has 0 aliphatic heterocycles. The smallest absolute Gasteiger partial charge is 0.278 e. The highest BCUT2D eigenvalue weighted by molar-refractivity contribution is 8.00. The minimum atomic E-state index is -0.467. The Balaban J connectivity index is 1.73. The number of ether oxygens (including phenoxy) is 2. The molecule has 1 amide bonds. The second kappa shape index (κ2) is 9.93. The maximum absolute atomic E-state index is 12.7. The lowest BCUT2D eigenvalue weighted by Crippen LogP contribution is -2.25. The highest BCUT2D eigenvalue weighted by Gasteiger charge is 2.21. The normalized spacial score (nSPS) is 11.6. The molecule has 3 aromatic rings. The van der Waals surface area contributed by atoms with E-state index in [1.807, 2.05) is 25.1 Å². The molecule has 1 atom stereocenters. The molecule has 0 aliphatic carbocycles. The summed E-state index contributed by atoms with van der Waals surface area (Å²) in [6.07, 6.45) is 0.536. The molecular formula is C21H22N4O4S. The summed E-state index contributed by atoms with van der Waals surface area (Å²) in [4.78, 5) is 27.8. The van der Waals surface area contributed by atoms with Gasteiger partial charge in [0.2, 0.25) is 5.91 Å². The van der Waals surface area contributed by atoms with E-state index in [1.54, 1.807) is 37.4 Å². The number of anilines is 1. The Bertz CT molecular complexity index is 1070. The molecule has 1 unspecified atom stereocenters. The SMILES string of the molecule is CCC(Sc1nnc(-c2ccccc2)c(=O)[nH]1)C(=O)Nc1ccc(OC)c(OC)c1. The van der Waals surface area contributed by atoms with Crippen LogP contribution in [0.2, 0.25) is 0 Å². The van der Waals surface area contributed by atoms with Crippen molar-refractivity contribution in [2.45, 2.75) is 23.8 Å². The molecule has 9 heteroatoms. The highest BCUT2D eigenvalue weighted by atomic mass is 32.2. The minimum Gasteiger partial charge on any atom is -0.493 e. The molecule has 156 valence electrons. The van der Waals surface area contributed by atoms with Crippen LogP contribution in [0.1, 0.15) is 13.3 Å². The first-order valence-electron chi connectivity index (χ1n) is 9.27. The Morgan fingerprint density at radius 1 is 1.10 bits per heavy atom. The number of benzene rings is 2. The van der Waals surface area contributed by atoms with Crippen molar-refractivity contribution >= 4 is 23.4 Å². The van der Waals surface area contributed by atoms with E-state index in [9.17, 15) is 9.59 Å². The zero-order valence-electron chi connectivity index (χ0n) is 16.8. The van der Waals surface area contributed by atoms with Crippen molar-refractivity contribution in [1.29, 1.82) is 0 Å². The fraction of sp³-hybridized carbons (Fsp3) is 0.238. The van der Waals surface area contributed by atoms with Gasteiger partial charge < -0.3 is 14.8 Å². The molecule has 0 radical (unpaired) electrons. The van der Waals surface area contributed by atoms with E-state index in [2.05, 4.69) is 20.5 Å². The van der Waals surface area contributed by atoms with Crippen LogP contribution >= 0.6 is 11.8 Å². The summed E-state index contributed by atoms with van der Waals surface area (Å²) >= 11 is 1.15. The van der Waals surface area contributed by atoms with E-state index in [0.29, 0.717) is 29.2 Å². The molecule has 30 heavy (non-hydrogen) atoms. The van der Waals surface area contributed by atoms with Gasteiger partial charge in [-0.2, -0.15) is 0 Å². The number of amides is 1. The number of nitrogens with zero attached hydrogens (tertiary/aromatic N) is 2. The fourth-order valence-electron chi connectivity index (χ4n) is 2.75. The molecule has 1 heterocycles. The Kier molecular flexibility index (Phi) is 7.08. The average molecular weight is 426 g/mol. The van der Waals surface area contributed by atoms with E-state index >= 15 is 0 Å². The average Bonchev–Trinajstić information content (AvgIpc) is 2.77. The molecule has 0 spiro atoms. The Morgan fingerprint density at radius 3 is 2.47 bits per heavy atom. The molecule has 8 nitrogen and oxygen atoms in total. The number of carbonyl (C=O) groups is 1. The van der Waals surface area contributed by atoms with Gasteiger partial charge in [0.15, 0.2) is 22.3 Å². The van der Waals surface area contributed by atoms with Gasteiger partial charge >= 0.3 is 0 Å². The number of hydrogen-bond donors (Lipinski definition) is 2.